The Morgan fingerprint density at radius 1 is 1.21 bits per heavy atom. The standard InChI is InChI=1S/C21H23FN2O4/c1-15-4-2-3-5-18(15)20(26)24-10-11-28-21(13-24,12-19(23)25)14-27-17-8-6-16(22)7-9-17/h2-9H,10-14H2,1H3,(H2,23,25). The molecule has 1 atom stereocenters. The Balaban J connectivity index is 1.77. The van der Waals surface area contributed by atoms with E-state index in [0.29, 0.717) is 17.9 Å². The molecule has 6 nitrogen and oxygen atoms in total. The number of nitrogens with zero attached hydrogens (tertiary/aromatic N) is 1. The van der Waals surface area contributed by atoms with Gasteiger partial charge in [-0.05, 0) is 42.8 Å². The van der Waals surface area contributed by atoms with Gasteiger partial charge in [0.1, 0.15) is 23.8 Å². The number of halogens is 1. The highest BCUT2D eigenvalue weighted by Crippen LogP contribution is 2.26. The summed E-state index contributed by atoms with van der Waals surface area (Å²) in [5.41, 5.74) is 5.85. The van der Waals surface area contributed by atoms with E-state index in [1.54, 1.807) is 11.0 Å². The lowest BCUT2D eigenvalue weighted by atomic mass is 9.96. The van der Waals surface area contributed by atoms with Crippen molar-refractivity contribution in [1.82, 2.24) is 4.90 Å². The van der Waals surface area contributed by atoms with E-state index >= 15 is 0 Å². The summed E-state index contributed by atoms with van der Waals surface area (Å²) in [5, 5.41) is 0. The number of rotatable bonds is 6. The highest BCUT2D eigenvalue weighted by molar-refractivity contribution is 5.95. The number of primary amides is 1. The SMILES string of the molecule is Cc1ccccc1C(=O)N1CCOC(COc2ccc(F)cc2)(CC(N)=O)C1. The Hall–Kier alpha value is -2.93. The average Bonchev–Trinajstić information content (AvgIpc) is 2.67. The molecule has 2 aromatic rings. The van der Waals surface area contributed by atoms with E-state index in [1.165, 1.54) is 24.3 Å². The van der Waals surface area contributed by atoms with Crippen LogP contribution in [0.3, 0.4) is 0 Å². The summed E-state index contributed by atoms with van der Waals surface area (Å²) in [6.45, 7) is 2.73. The molecule has 1 heterocycles. The highest BCUT2D eigenvalue weighted by Gasteiger charge is 2.41. The van der Waals surface area contributed by atoms with Gasteiger partial charge in [0.25, 0.3) is 5.91 Å². The molecule has 2 amide bonds. The number of nitrogens with two attached hydrogens (primary N) is 1. The van der Waals surface area contributed by atoms with Crippen molar-refractivity contribution in [3.63, 3.8) is 0 Å². The van der Waals surface area contributed by atoms with E-state index in [0.717, 1.165) is 5.56 Å². The Bertz CT molecular complexity index is 856. The lowest BCUT2D eigenvalue weighted by Crippen LogP contribution is -2.58. The Morgan fingerprint density at radius 2 is 1.93 bits per heavy atom. The van der Waals surface area contributed by atoms with Crippen molar-refractivity contribution in [3.05, 3.63) is 65.5 Å². The predicted molar refractivity (Wildman–Crippen MR) is 101 cm³/mol. The van der Waals surface area contributed by atoms with Crippen molar-refractivity contribution >= 4 is 11.8 Å². The molecule has 148 valence electrons. The lowest BCUT2D eigenvalue weighted by molar-refractivity contribution is -0.142. The maximum atomic E-state index is 13.1. The quantitative estimate of drug-likeness (QED) is 0.826. The number of morpholine rings is 1. The number of benzene rings is 2. The maximum Gasteiger partial charge on any atom is 0.254 e. The molecular formula is C21H23FN2O4. The van der Waals surface area contributed by atoms with Gasteiger partial charge in [-0.25, -0.2) is 4.39 Å². The molecule has 2 N–H and O–H groups in total. The number of amides is 2. The van der Waals surface area contributed by atoms with Gasteiger partial charge < -0.3 is 20.1 Å². The largest absolute Gasteiger partial charge is 0.490 e. The van der Waals surface area contributed by atoms with Gasteiger partial charge >= 0.3 is 0 Å². The molecule has 1 aliphatic heterocycles. The number of hydrogen-bond donors (Lipinski definition) is 1. The summed E-state index contributed by atoms with van der Waals surface area (Å²) in [6, 6.07) is 12.9. The second-order valence-electron chi connectivity index (χ2n) is 6.96. The van der Waals surface area contributed by atoms with E-state index in [-0.39, 0.29) is 37.9 Å². The minimum absolute atomic E-state index is 0.0130. The van der Waals surface area contributed by atoms with Crippen molar-refractivity contribution in [2.75, 3.05) is 26.3 Å². The van der Waals surface area contributed by atoms with Crippen molar-refractivity contribution in [2.45, 2.75) is 18.9 Å². The summed E-state index contributed by atoms with van der Waals surface area (Å²) < 4.78 is 24.7. The van der Waals surface area contributed by atoms with Gasteiger partial charge in [0.15, 0.2) is 0 Å². The van der Waals surface area contributed by atoms with Gasteiger partial charge in [0.05, 0.1) is 19.6 Å². The summed E-state index contributed by atoms with van der Waals surface area (Å²) in [5.74, 6) is -0.607. The van der Waals surface area contributed by atoms with Crippen LogP contribution in [0.25, 0.3) is 0 Å². The Labute approximate surface area is 163 Å². The summed E-state index contributed by atoms with van der Waals surface area (Å²) >= 11 is 0. The van der Waals surface area contributed by atoms with E-state index in [1.807, 2.05) is 25.1 Å². The van der Waals surface area contributed by atoms with Crippen molar-refractivity contribution < 1.29 is 23.5 Å². The van der Waals surface area contributed by atoms with Crippen LogP contribution < -0.4 is 10.5 Å². The zero-order valence-corrected chi connectivity index (χ0v) is 15.7. The van der Waals surface area contributed by atoms with Crippen molar-refractivity contribution in [1.29, 1.82) is 0 Å². The minimum Gasteiger partial charge on any atom is -0.490 e. The Kier molecular flexibility index (Phi) is 5.94. The second-order valence-corrected chi connectivity index (χ2v) is 6.96. The first kappa shape index (κ1) is 19.8. The molecule has 3 rings (SSSR count). The summed E-state index contributed by atoms with van der Waals surface area (Å²) in [4.78, 5) is 26.3. The van der Waals surface area contributed by atoms with E-state index in [4.69, 9.17) is 15.2 Å². The molecule has 0 spiro atoms. The summed E-state index contributed by atoms with van der Waals surface area (Å²) in [7, 11) is 0. The fraction of sp³-hybridized carbons (Fsp3) is 0.333. The topological polar surface area (TPSA) is 81.9 Å². The van der Waals surface area contributed by atoms with Gasteiger partial charge in [0, 0.05) is 12.1 Å². The third kappa shape index (κ3) is 4.67. The molecule has 1 saturated heterocycles. The Morgan fingerprint density at radius 3 is 2.61 bits per heavy atom. The van der Waals surface area contributed by atoms with Crippen LogP contribution in [0.15, 0.2) is 48.5 Å². The van der Waals surface area contributed by atoms with Crippen LogP contribution in [0.4, 0.5) is 4.39 Å². The smallest absolute Gasteiger partial charge is 0.254 e. The van der Waals surface area contributed by atoms with E-state index < -0.39 is 11.5 Å². The molecule has 0 saturated carbocycles. The number of ether oxygens (including phenoxy) is 2. The van der Waals surface area contributed by atoms with Crippen molar-refractivity contribution in [3.8, 4) is 5.75 Å². The van der Waals surface area contributed by atoms with Gasteiger partial charge in [-0.15, -0.1) is 0 Å². The number of carbonyl (C=O) groups excluding carboxylic acids is 2. The second kappa shape index (κ2) is 8.39. The first-order valence-corrected chi connectivity index (χ1v) is 9.04. The monoisotopic (exact) mass is 386 g/mol. The van der Waals surface area contributed by atoms with Crippen molar-refractivity contribution in [2.24, 2.45) is 5.73 Å². The summed E-state index contributed by atoms with van der Waals surface area (Å²) in [6.07, 6.45) is -0.0915. The van der Waals surface area contributed by atoms with Crippen LogP contribution in [0.2, 0.25) is 0 Å². The molecule has 0 aliphatic carbocycles. The van der Waals surface area contributed by atoms with Crippen LogP contribution in [0.1, 0.15) is 22.3 Å². The molecule has 0 radical (unpaired) electrons. The zero-order valence-electron chi connectivity index (χ0n) is 15.7. The molecular weight excluding hydrogens is 363 g/mol. The van der Waals surface area contributed by atoms with Gasteiger partial charge in [-0.1, -0.05) is 18.2 Å². The number of hydrogen-bond acceptors (Lipinski definition) is 4. The first-order chi connectivity index (χ1) is 13.4. The van der Waals surface area contributed by atoms with Crippen LogP contribution in [0.5, 0.6) is 5.75 Å². The molecule has 7 heteroatoms. The molecule has 1 fully saturated rings. The minimum atomic E-state index is -1.06. The fourth-order valence-electron chi connectivity index (χ4n) is 3.31. The van der Waals surface area contributed by atoms with Crippen LogP contribution >= 0.6 is 0 Å². The maximum absolute atomic E-state index is 13.1. The average molecular weight is 386 g/mol. The molecule has 0 aromatic heterocycles. The van der Waals surface area contributed by atoms with Crippen LogP contribution in [0, 0.1) is 12.7 Å². The van der Waals surface area contributed by atoms with Crippen LogP contribution in [-0.2, 0) is 9.53 Å². The first-order valence-electron chi connectivity index (χ1n) is 9.04. The van der Waals surface area contributed by atoms with Gasteiger partial charge in [-0.2, -0.15) is 0 Å². The fourth-order valence-corrected chi connectivity index (χ4v) is 3.31. The van der Waals surface area contributed by atoms with E-state index in [2.05, 4.69) is 0 Å². The predicted octanol–water partition coefficient (Wildman–Crippen LogP) is 2.30. The third-order valence-electron chi connectivity index (χ3n) is 4.72. The van der Waals surface area contributed by atoms with Gasteiger partial charge in [0.2, 0.25) is 5.91 Å². The number of aryl methyl sites for hydroxylation is 1. The zero-order chi connectivity index (χ0) is 20.1. The molecule has 28 heavy (non-hydrogen) atoms. The lowest BCUT2D eigenvalue weighted by Gasteiger charge is -2.42. The molecule has 2 aromatic carbocycles. The normalized spacial score (nSPS) is 19.3. The van der Waals surface area contributed by atoms with Crippen LogP contribution in [-0.4, -0.2) is 48.6 Å². The van der Waals surface area contributed by atoms with Gasteiger partial charge in [-0.3, -0.25) is 9.59 Å². The molecule has 0 bridgehead atoms. The molecule has 1 unspecified atom stereocenters. The third-order valence-corrected chi connectivity index (χ3v) is 4.72. The number of carbonyl (C=O) groups is 2. The van der Waals surface area contributed by atoms with E-state index in [9.17, 15) is 14.0 Å². The molecule has 1 aliphatic rings. The highest BCUT2D eigenvalue weighted by atomic mass is 19.1.